The van der Waals surface area contributed by atoms with Gasteiger partial charge in [-0.25, -0.2) is 0 Å². The molecule has 2 aliphatic heterocycles. The van der Waals surface area contributed by atoms with Crippen LogP contribution in [0.5, 0.6) is 0 Å². The molecule has 26 heavy (non-hydrogen) atoms. The van der Waals surface area contributed by atoms with Crippen molar-refractivity contribution in [2.75, 3.05) is 38.1 Å². The van der Waals surface area contributed by atoms with Crippen molar-refractivity contribution in [1.29, 1.82) is 0 Å². The molecule has 1 aromatic rings. The van der Waals surface area contributed by atoms with Gasteiger partial charge in [-0.15, -0.1) is 0 Å². The van der Waals surface area contributed by atoms with E-state index in [1.165, 1.54) is 12.8 Å². The zero-order valence-electron chi connectivity index (χ0n) is 15.3. The van der Waals surface area contributed by atoms with E-state index >= 15 is 0 Å². The van der Waals surface area contributed by atoms with Crippen LogP contribution in [0, 0.1) is 0 Å². The number of likely N-dealkylation sites (tertiary alicyclic amines) is 1. The first-order chi connectivity index (χ1) is 12.7. The van der Waals surface area contributed by atoms with Gasteiger partial charge >= 0.3 is 0 Å². The maximum Gasteiger partial charge on any atom is 0.251 e. The van der Waals surface area contributed by atoms with E-state index in [9.17, 15) is 9.59 Å². The lowest BCUT2D eigenvalue weighted by atomic mass is 10.1. The van der Waals surface area contributed by atoms with Gasteiger partial charge in [0, 0.05) is 24.4 Å². The van der Waals surface area contributed by atoms with Gasteiger partial charge in [0.05, 0.1) is 12.6 Å². The van der Waals surface area contributed by atoms with Gasteiger partial charge in [-0.2, -0.15) is 0 Å². The highest BCUT2D eigenvalue weighted by Gasteiger charge is 2.17. The van der Waals surface area contributed by atoms with Gasteiger partial charge in [0.25, 0.3) is 5.91 Å². The highest BCUT2D eigenvalue weighted by Crippen LogP contribution is 2.14. The maximum absolute atomic E-state index is 12.3. The highest BCUT2D eigenvalue weighted by molar-refractivity contribution is 5.97. The molecule has 1 atom stereocenters. The molecule has 2 aliphatic rings. The van der Waals surface area contributed by atoms with Crippen LogP contribution in [-0.2, 0) is 9.53 Å². The molecular formula is C20H29N3O3. The van der Waals surface area contributed by atoms with E-state index in [-0.39, 0.29) is 17.9 Å². The minimum absolute atomic E-state index is 0.0242. The van der Waals surface area contributed by atoms with Gasteiger partial charge in [-0.3, -0.25) is 14.5 Å². The highest BCUT2D eigenvalue weighted by atomic mass is 16.5. The molecule has 6 heteroatoms. The number of carbonyl (C=O) groups excluding carboxylic acids is 2. The summed E-state index contributed by atoms with van der Waals surface area (Å²) in [6.45, 7) is 3.69. The monoisotopic (exact) mass is 359 g/mol. The molecule has 2 saturated heterocycles. The summed E-state index contributed by atoms with van der Waals surface area (Å²) in [5.41, 5.74) is 1.21. The van der Waals surface area contributed by atoms with Crippen molar-refractivity contribution in [2.24, 2.45) is 0 Å². The number of ether oxygens (including phenoxy) is 1. The second kappa shape index (κ2) is 9.69. The largest absolute Gasteiger partial charge is 0.376 e. The summed E-state index contributed by atoms with van der Waals surface area (Å²) in [5, 5.41) is 5.83. The van der Waals surface area contributed by atoms with Crippen LogP contribution in [-0.4, -0.2) is 55.6 Å². The summed E-state index contributed by atoms with van der Waals surface area (Å²) in [4.78, 5) is 26.8. The van der Waals surface area contributed by atoms with Gasteiger partial charge in [-0.05, 0) is 57.0 Å². The van der Waals surface area contributed by atoms with Crippen molar-refractivity contribution in [3.63, 3.8) is 0 Å². The number of amides is 2. The Morgan fingerprint density at radius 2 is 1.92 bits per heavy atom. The SMILES string of the molecule is O=C(CN1CCCCCC1)Nc1cccc(C(=O)NCC2CCCO2)c1. The lowest BCUT2D eigenvalue weighted by Gasteiger charge is -2.19. The molecule has 1 unspecified atom stereocenters. The predicted molar refractivity (Wildman–Crippen MR) is 101 cm³/mol. The van der Waals surface area contributed by atoms with Crippen LogP contribution in [0.1, 0.15) is 48.9 Å². The van der Waals surface area contributed by atoms with E-state index in [0.29, 0.717) is 24.3 Å². The molecule has 142 valence electrons. The van der Waals surface area contributed by atoms with Crippen molar-refractivity contribution in [3.8, 4) is 0 Å². The number of rotatable bonds is 6. The molecule has 0 radical (unpaired) electrons. The lowest BCUT2D eigenvalue weighted by Crippen LogP contribution is -2.34. The molecule has 2 N–H and O–H groups in total. The van der Waals surface area contributed by atoms with Crippen LogP contribution < -0.4 is 10.6 Å². The molecule has 0 spiro atoms. The van der Waals surface area contributed by atoms with Gasteiger partial charge in [0.2, 0.25) is 5.91 Å². The Bertz CT molecular complexity index is 606. The van der Waals surface area contributed by atoms with Crippen LogP contribution >= 0.6 is 0 Å². The summed E-state index contributed by atoms with van der Waals surface area (Å²) in [6, 6.07) is 7.10. The molecule has 0 aliphatic carbocycles. The smallest absolute Gasteiger partial charge is 0.251 e. The molecule has 0 bridgehead atoms. The number of hydrogen-bond donors (Lipinski definition) is 2. The minimum Gasteiger partial charge on any atom is -0.376 e. The van der Waals surface area contributed by atoms with E-state index in [4.69, 9.17) is 4.74 Å². The first kappa shape index (κ1) is 18.9. The Morgan fingerprint density at radius 3 is 2.65 bits per heavy atom. The van der Waals surface area contributed by atoms with E-state index < -0.39 is 0 Å². The van der Waals surface area contributed by atoms with Crippen LogP contribution in [0.15, 0.2) is 24.3 Å². The fourth-order valence-corrected chi connectivity index (χ4v) is 3.55. The van der Waals surface area contributed by atoms with Gasteiger partial charge in [0.1, 0.15) is 0 Å². The number of nitrogens with one attached hydrogen (secondary N) is 2. The average Bonchev–Trinajstić information content (AvgIpc) is 3.03. The van der Waals surface area contributed by atoms with Crippen LogP contribution in [0.25, 0.3) is 0 Å². The summed E-state index contributed by atoms with van der Waals surface area (Å²) in [5.74, 6) is -0.159. The molecule has 1 aromatic carbocycles. The zero-order valence-corrected chi connectivity index (χ0v) is 15.3. The predicted octanol–water partition coefficient (Wildman–Crippen LogP) is 2.41. The molecule has 2 heterocycles. The Balaban J connectivity index is 1.49. The second-order valence-corrected chi connectivity index (χ2v) is 7.16. The Labute approximate surface area is 155 Å². The number of nitrogens with zero attached hydrogens (tertiary/aromatic N) is 1. The second-order valence-electron chi connectivity index (χ2n) is 7.16. The molecule has 0 aromatic heterocycles. The third-order valence-corrected chi connectivity index (χ3v) is 4.99. The first-order valence-electron chi connectivity index (χ1n) is 9.73. The number of hydrogen-bond acceptors (Lipinski definition) is 4. The standard InChI is InChI=1S/C20H29N3O3/c24-19(15-23-10-3-1-2-4-11-23)22-17-8-5-7-16(13-17)20(25)21-14-18-9-6-12-26-18/h5,7-8,13,18H,1-4,6,9-12,14-15H2,(H,21,25)(H,22,24). The normalized spacial score (nSPS) is 21.2. The molecule has 6 nitrogen and oxygen atoms in total. The lowest BCUT2D eigenvalue weighted by molar-refractivity contribution is -0.117. The van der Waals surface area contributed by atoms with Crippen molar-refractivity contribution in [3.05, 3.63) is 29.8 Å². The van der Waals surface area contributed by atoms with Crippen LogP contribution in [0.4, 0.5) is 5.69 Å². The number of anilines is 1. The van der Waals surface area contributed by atoms with Crippen molar-refractivity contribution >= 4 is 17.5 Å². The van der Waals surface area contributed by atoms with Gasteiger partial charge < -0.3 is 15.4 Å². The molecular weight excluding hydrogens is 330 g/mol. The Hall–Kier alpha value is -1.92. The fraction of sp³-hybridized carbons (Fsp3) is 0.600. The van der Waals surface area contributed by atoms with E-state index in [1.807, 2.05) is 6.07 Å². The summed E-state index contributed by atoms with van der Waals surface area (Å²) < 4.78 is 5.52. The van der Waals surface area contributed by atoms with Crippen molar-refractivity contribution in [1.82, 2.24) is 10.2 Å². The quantitative estimate of drug-likeness (QED) is 0.818. The third kappa shape index (κ3) is 5.81. The van der Waals surface area contributed by atoms with E-state index in [2.05, 4.69) is 15.5 Å². The zero-order chi connectivity index (χ0) is 18.2. The molecule has 0 saturated carbocycles. The summed E-state index contributed by atoms with van der Waals surface area (Å²) in [7, 11) is 0. The topological polar surface area (TPSA) is 70.7 Å². The van der Waals surface area contributed by atoms with Crippen molar-refractivity contribution < 1.29 is 14.3 Å². The first-order valence-corrected chi connectivity index (χ1v) is 9.73. The fourth-order valence-electron chi connectivity index (χ4n) is 3.55. The molecule has 3 rings (SSSR count). The van der Waals surface area contributed by atoms with E-state index in [1.54, 1.807) is 18.2 Å². The van der Waals surface area contributed by atoms with E-state index in [0.717, 1.165) is 45.4 Å². The number of carbonyl (C=O) groups is 2. The van der Waals surface area contributed by atoms with Gasteiger partial charge in [-0.1, -0.05) is 18.9 Å². The van der Waals surface area contributed by atoms with Gasteiger partial charge in [0.15, 0.2) is 0 Å². The van der Waals surface area contributed by atoms with Crippen molar-refractivity contribution in [2.45, 2.75) is 44.6 Å². The maximum atomic E-state index is 12.3. The third-order valence-electron chi connectivity index (χ3n) is 4.99. The Kier molecular flexibility index (Phi) is 7.03. The average molecular weight is 359 g/mol. The van der Waals surface area contributed by atoms with Crippen LogP contribution in [0.2, 0.25) is 0 Å². The Morgan fingerprint density at radius 1 is 1.12 bits per heavy atom. The summed E-state index contributed by atoms with van der Waals surface area (Å²) in [6.07, 6.45) is 6.99. The summed E-state index contributed by atoms with van der Waals surface area (Å²) >= 11 is 0. The number of benzene rings is 1. The molecule has 2 fully saturated rings. The van der Waals surface area contributed by atoms with Crippen LogP contribution in [0.3, 0.4) is 0 Å². The minimum atomic E-state index is -0.135. The molecule has 2 amide bonds.